The summed E-state index contributed by atoms with van der Waals surface area (Å²) in [5.74, 6) is 0.297. The lowest BCUT2D eigenvalue weighted by Crippen LogP contribution is -2.31. The number of methoxy groups -OCH3 is 3. The van der Waals surface area contributed by atoms with Crippen LogP contribution in [0.5, 0.6) is 17.2 Å². The van der Waals surface area contributed by atoms with Crippen molar-refractivity contribution in [3.8, 4) is 17.2 Å². The first-order valence-electron chi connectivity index (χ1n) is 11.6. The molecule has 1 fully saturated rings. The molecule has 0 bridgehead atoms. The fourth-order valence-electron chi connectivity index (χ4n) is 4.55. The molecule has 0 aromatic heterocycles. The minimum atomic E-state index is -0.804. The Labute approximate surface area is 210 Å². The van der Waals surface area contributed by atoms with E-state index < -0.39 is 17.7 Å². The van der Waals surface area contributed by atoms with Crippen molar-refractivity contribution in [3.63, 3.8) is 0 Å². The van der Waals surface area contributed by atoms with Gasteiger partial charge in [-0.25, -0.2) is 0 Å². The van der Waals surface area contributed by atoms with Gasteiger partial charge in [0.05, 0.1) is 32.9 Å². The number of aliphatic hydroxyl groups excluding tert-OH is 1. The van der Waals surface area contributed by atoms with Gasteiger partial charge in [-0.2, -0.15) is 0 Å². The van der Waals surface area contributed by atoms with Gasteiger partial charge in [0.25, 0.3) is 11.7 Å². The Balaban J connectivity index is 1.79. The van der Waals surface area contributed by atoms with Gasteiger partial charge in [0.1, 0.15) is 23.0 Å². The molecule has 7 nitrogen and oxygen atoms in total. The summed E-state index contributed by atoms with van der Waals surface area (Å²) in [4.78, 5) is 28.1. The maximum absolute atomic E-state index is 13.3. The molecule has 0 radical (unpaired) electrons. The van der Waals surface area contributed by atoms with Gasteiger partial charge in [0.2, 0.25) is 0 Å². The third-order valence-corrected chi connectivity index (χ3v) is 6.44. The molecule has 1 amide bonds. The molecule has 0 spiro atoms. The van der Waals surface area contributed by atoms with Crippen LogP contribution in [-0.4, -0.2) is 49.6 Å². The number of likely N-dealkylation sites (tertiary alicyclic amines) is 1. The lowest BCUT2D eigenvalue weighted by atomic mass is 9.94. The van der Waals surface area contributed by atoms with Crippen LogP contribution in [0.3, 0.4) is 0 Å². The van der Waals surface area contributed by atoms with Gasteiger partial charge in [0, 0.05) is 17.7 Å². The maximum Gasteiger partial charge on any atom is 0.295 e. The minimum Gasteiger partial charge on any atom is -0.507 e. The number of aryl methyl sites for hydroxylation is 1. The first-order chi connectivity index (χ1) is 17.4. The molecule has 3 aromatic rings. The summed E-state index contributed by atoms with van der Waals surface area (Å²) in [5.41, 5.74) is 2.87. The van der Waals surface area contributed by atoms with E-state index in [-0.39, 0.29) is 17.9 Å². The van der Waals surface area contributed by atoms with Crippen molar-refractivity contribution in [2.75, 3.05) is 27.9 Å². The van der Waals surface area contributed by atoms with E-state index in [1.54, 1.807) is 38.5 Å². The summed E-state index contributed by atoms with van der Waals surface area (Å²) < 4.78 is 16.1. The van der Waals surface area contributed by atoms with E-state index in [0.717, 1.165) is 16.9 Å². The number of para-hydroxylation sites is 1. The van der Waals surface area contributed by atoms with E-state index in [0.29, 0.717) is 29.0 Å². The van der Waals surface area contributed by atoms with E-state index in [1.807, 2.05) is 49.4 Å². The Morgan fingerprint density at radius 1 is 0.889 bits per heavy atom. The summed E-state index contributed by atoms with van der Waals surface area (Å²) in [6.45, 7) is 2.12. The molecule has 0 aliphatic carbocycles. The molecule has 1 heterocycles. The standard InChI is InChI=1S/C29H29NO6/c1-18-17-20(11-14-23(18)35-3)27(31)25-26(22-7-5-6-8-24(22)36-4)30(29(33)28(25)32)16-15-19-9-12-21(34-2)13-10-19/h5-14,17,26,31H,15-16H2,1-4H3/b27-25+. The normalized spacial score (nSPS) is 16.8. The fourth-order valence-corrected chi connectivity index (χ4v) is 4.55. The molecule has 36 heavy (non-hydrogen) atoms. The highest BCUT2D eigenvalue weighted by atomic mass is 16.5. The molecular weight excluding hydrogens is 458 g/mol. The number of ether oxygens (including phenoxy) is 3. The average Bonchev–Trinajstić information content (AvgIpc) is 3.16. The van der Waals surface area contributed by atoms with Crippen LogP contribution < -0.4 is 14.2 Å². The zero-order valence-electron chi connectivity index (χ0n) is 20.8. The quantitative estimate of drug-likeness (QED) is 0.282. The van der Waals surface area contributed by atoms with Crippen molar-refractivity contribution in [1.29, 1.82) is 0 Å². The van der Waals surface area contributed by atoms with Crippen molar-refractivity contribution < 1.29 is 28.9 Å². The Morgan fingerprint density at radius 2 is 1.58 bits per heavy atom. The molecule has 186 valence electrons. The first kappa shape index (κ1) is 24.9. The number of ketones is 1. The zero-order valence-corrected chi connectivity index (χ0v) is 20.8. The van der Waals surface area contributed by atoms with Crippen LogP contribution in [0.1, 0.15) is 28.3 Å². The Kier molecular flexibility index (Phi) is 7.29. The highest BCUT2D eigenvalue weighted by Gasteiger charge is 2.46. The highest BCUT2D eigenvalue weighted by Crippen LogP contribution is 2.43. The van der Waals surface area contributed by atoms with Gasteiger partial charge in [0.15, 0.2) is 0 Å². The maximum atomic E-state index is 13.3. The summed E-state index contributed by atoms with van der Waals surface area (Å²) in [7, 11) is 4.71. The number of aliphatic hydroxyl groups is 1. The summed E-state index contributed by atoms with van der Waals surface area (Å²) >= 11 is 0. The number of amides is 1. The SMILES string of the molecule is COc1ccc(CCN2C(=O)C(=O)/C(=C(/O)c3ccc(OC)c(C)c3)C2c2ccccc2OC)cc1. The second kappa shape index (κ2) is 10.6. The van der Waals surface area contributed by atoms with E-state index >= 15 is 0 Å². The van der Waals surface area contributed by atoms with Crippen LogP contribution in [0.4, 0.5) is 0 Å². The van der Waals surface area contributed by atoms with Gasteiger partial charge < -0.3 is 24.2 Å². The lowest BCUT2D eigenvalue weighted by Gasteiger charge is -2.26. The number of Topliss-reactive ketones (excluding diaryl/α,β-unsaturated/α-hetero) is 1. The van der Waals surface area contributed by atoms with Crippen LogP contribution in [0.15, 0.2) is 72.3 Å². The monoisotopic (exact) mass is 487 g/mol. The number of nitrogens with zero attached hydrogens (tertiary/aromatic N) is 1. The van der Waals surface area contributed by atoms with Gasteiger partial charge in [-0.05, 0) is 60.9 Å². The Bertz CT molecular complexity index is 1310. The van der Waals surface area contributed by atoms with Crippen LogP contribution in [0, 0.1) is 6.92 Å². The molecule has 0 saturated carbocycles. The number of carbonyl (C=O) groups is 2. The van der Waals surface area contributed by atoms with E-state index in [1.165, 1.54) is 12.0 Å². The lowest BCUT2D eigenvalue weighted by molar-refractivity contribution is -0.139. The van der Waals surface area contributed by atoms with E-state index in [2.05, 4.69) is 0 Å². The average molecular weight is 488 g/mol. The van der Waals surface area contributed by atoms with Crippen LogP contribution in [0.2, 0.25) is 0 Å². The Hall–Kier alpha value is -4.26. The molecule has 1 unspecified atom stereocenters. The number of hydrogen-bond acceptors (Lipinski definition) is 6. The molecule has 1 aliphatic heterocycles. The number of hydrogen-bond donors (Lipinski definition) is 1. The largest absolute Gasteiger partial charge is 0.507 e. The number of rotatable bonds is 8. The third-order valence-electron chi connectivity index (χ3n) is 6.44. The van der Waals surface area contributed by atoms with E-state index in [4.69, 9.17) is 14.2 Å². The molecule has 1 saturated heterocycles. The third kappa shape index (κ3) is 4.64. The van der Waals surface area contributed by atoms with Crippen LogP contribution >= 0.6 is 0 Å². The molecule has 3 aromatic carbocycles. The van der Waals surface area contributed by atoms with Crippen molar-refractivity contribution in [1.82, 2.24) is 4.90 Å². The second-order valence-corrected chi connectivity index (χ2v) is 8.52. The zero-order chi connectivity index (χ0) is 25.8. The van der Waals surface area contributed by atoms with Gasteiger partial charge in [-0.3, -0.25) is 9.59 Å². The Morgan fingerprint density at radius 3 is 2.22 bits per heavy atom. The van der Waals surface area contributed by atoms with Gasteiger partial charge >= 0.3 is 0 Å². The number of benzene rings is 3. The number of carbonyl (C=O) groups excluding carboxylic acids is 2. The van der Waals surface area contributed by atoms with Gasteiger partial charge in [-0.1, -0.05) is 30.3 Å². The highest BCUT2D eigenvalue weighted by molar-refractivity contribution is 6.46. The first-order valence-corrected chi connectivity index (χ1v) is 11.6. The summed E-state index contributed by atoms with van der Waals surface area (Å²) in [5, 5.41) is 11.3. The molecule has 1 aliphatic rings. The molecular formula is C29H29NO6. The minimum absolute atomic E-state index is 0.0313. The topological polar surface area (TPSA) is 85.3 Å². The molecule has 7 heteroatoms. The smallest absolute Gasteiger partial charge is 0.295 e. The summed E-state index contributed by atoms with van der Waals surface area (Å²) in [6.07, 6.45) is 0.518. The predicted molar refractivity (Wildman–Crippen MR) is 136 cm³/mol. The second-order valence-electron chi connectivity index (χ2n) is 8.52. The van der Waals surface area contributed by atoms with Gasteiger partial charge in [-0.15, -0.1) is 0 Å². The predicted octanol–water partition coefficient (Wildman–Crippen LogP) is 4.69. The van der Waals surface area contributed by atoms with Crippen molar-refractivity contribution in [3.05, 3.63) is 94.6 Å². The van der Waals surface area contributed by atoms with Crippen molar-refractivity contribution >= 4 is 17.4 Å². The fraction of sp³-hybridized carbons (Fsp3) is 0.241. The molecule has 1 atom stereocenters. The van der Waals surface area contributed by atoms with Crippen LogP contribution in [-0.2, 0) is 16.0 Å². The molecule has 1 N–H and O–H groups in total. The van der Waals surface area contributed by atoms with Crippen molar-refractivity contribution in [2.24, 2.45) is 0 Å². The van der Waals surface area contributed by atoms with E-state index in [9.17, 15) is 14.7 Å². The summed E-state index contributed by atoms with van der Waals surface area (Å²) in [6, 6.07) is 19.1. The van der Waals surface area contributed by atoms with Crippen molar-refractivity contribution in [2.45, 2.75) is 19.4 Å². The van der Waals surface area contributed by atoms with Crippen LogP contribution in [0.25, 0.3) is 5.76 Å². The molecule has 4 rings (SSSR count).